The van der Waals surface area contributed by atoms with E-state index in [1.807, 2.05) is 14.1 Å². The van der Waals surface area contributed by atoms with E-state index >= 15 is 0 Å². The third-order valence-corrected chi connectivity index (χ3v) is 4.27. The predicted octanol–water partition coefficient (Wildman–Crippen LogP) is 3.22. The Morgan fingerprint density at radius 3 is 3.04 bits per heavy atom. The van der Waals surface area contributed by atoms with E-state index in [0.717, 1.165) is 36.5 Å². The molecule has 0 aliphatic carbocycles. The van der Waals surface area contributed by atoms with Crippen molar-refractivity contribution in [3.63, 3.8) is 0 Å². The Balaban J connectivity index is 0.00000312. The molecule has 1 aromatic rings. The second-order valence-electron chi connectivity index (χ2n) is 5.68. The van der Waals surface area contributed by atoms with Crippen LogP contribution in [-0.2, 0) is 0 Å². The predicted molar refractivity (Wildman–Crippen MR) is 99.1 cm³/mol. The van der Waals surface area contributed by atoms with E-state index in [2.05, 4.69) is 38.6 Å². The second-order valence-corrected chi connectivity index (χ2v) is 6.56. The number of nitrogens with zero attached hydrogens (tertiary/aromatic N) is 4. The Morgan fingerprint density at radius 1 is 1.50 bits per heavy atom. The number of hydrogen-bond donors (Lipinski definition) is 1. The Hall–Kier alpha value is -2.04. The maximum atomic E-state index is 9.53. The van der Waals surface area contributed by atoms with E-state index in [1.54, 1.807) is 12.3 Å². The molecule has 0 fully saturated rings. The van der Waals surface area contributed by atoms with Crippen LogP contribution >= 0.6 is 11.8 Å². The quantitative estimate of drug-likeness (QED) is 0.571. The van der Waals surface area contributed by atoms with Crippen molar-refractivity contribution in [2.24, 2.45) is 0 Å². The molecule has 0 aromatic carbocycles. The van der Waals surface area contributed by atoms with E-state index in [4.69, 9.17) is 4.74 Å². The lowest BCUT2D eigenvalue weighted by Crippen LogP contribution is -2.16. The number of ether oxygens (including phenoxy) is 1. The number of aromatic nitrogens is 2. The molecule has 0 spiro atoms. The highest BCUT2D eigenvalue weighted by atomic mass is 32.2. The first-order chi connectivity index (χ1) is 11.6. The van der Waals surface area contributed by atoms with Crippen LogP contribution in [0.4, 0.5) is 0 Å². The molecular formula is C17H25N5OS. The average molecular weight is 347 g/mol. The smallest absolute Gasteiger partial charge is 0.316 e. The Morgan fingerprint density at radius 2 is 2.33 bits per heavy atom. The van der Waals surface area contributed by atoms with E-state index in [-0.39, 0.29) is 1.43 Å². The van der Waals surface area contributed by atoms with Gasteiger partial charge in [0.2, 0.25) is 0 Å². The molecule has 2 heterocycles. The summed E-state index contributed by atoms with van der Waals surface area (Å²) in [4.78, 5) is 10.6. The number of thioether (sulfide) groups is 1. The van der Waals surface area contributed by atoms with Gasteiger partial charge in [0.25, 0.3) is 0 Å². The normalized spacial score (nSPS) is 15.7. The third-order valence-electron chi connectivity index (χ3n) is 3.32. The summed E-state index contributed by atoms with van der Waals surface area (Å²) in [6.07, 6.45) is 4.56. The van der Waals surface area contributed by atoms with Gasteiger partial charge in [0.1, 0.15) is 11.6 Å². The van der Waals surface area contributed by atoms with Crippen LogP contribution in [0.15, 0.2) is 28.4 Å². The summed E-state index contributed by atoms with van der Waals surface area (Å²) in [5.74, 6) is 0. The summed E-state index contributed by atoms with van der Waals surface area (Å²) in [7, 11) is 4.05. The molecule has 7 heteroatoms. The Kier molecular flexibility index (Phi) is 7.09. The first-order valence-electron chi connectivity index (χ1n) is 8.02. The minimum atomic E-state index is 0. The minimum absolute atomic E-state index is 0. The maximum Gasteiger partial charge on any atom is 0.316 e. The summed E-state index contributed by atoms with van der Waals surface area (Å²) in [5, 5.41) is 15.7. The van der Waals surface area contributed by atoms with Crippen LogP contribution in [0, 0.1) is 11.3 Å². The van der Waals surface area contributed by atoms with Crippen LogP contribution in [0.5, 0.6) is 6.01 Å². The molecule has 130 valence electrons. The molecule has 1 aliphatic rings. The molecule has 0 unspecified atom stereocenters. The molecule has 1 aliphatic heterocycles. The van der Waals surface area contributed by atoms with Gasteiger partial charge in [-0.2, -0.15) is 10.2 Å². The minimum Gasteiger partial charge on any atom is -0.463 e. The first-order valence-corrected chi connectivity index (χ1v) is 8.90. The van der Waals surface area contributed by atoms with Crippen molar-refractivity contribution in [2.75, 3.05) is 27.2 Å². The van der Waals surface area contributed by atoms with Gasteiger partial charge in [-0.1, -0.05) is 25.1 Å². The number of nitrogens with one attached hydrogen (secondary N) is 1. The molecule has 6 nitrogen and oxygen atoms in total. The topological polar surface area (TPSA) is 74.1 Å². The molecular weight excluding hydrogens is 322 g/mol. The molecule has 0 saturated carbocycles. The summed E-state index contributed by atoms with van der Waals surface area (Å²) in [6, 6.07) is 4.29. The summed E-state index contributed by atoms with van der Waals surface area (Å²) < 4.78 is 5.59. The van der Waals surface area contributed by atoms with E-state index in [9.17, 15) is 5.26 Å². The fraction of sp³-hybridized carbons (Fsp3) is 0.471. The zero-order chi connectivity index (χ0) is 17.4. The number of hydrogen-bond acceptors (Lipinski definition) is 7. The van der Waals surface area contributed by atoms with E-state index in [1.165, 1.54) is 11.8 Å². The monoisotopic (exact) mass is 347 g/mol. The highest BCUT2D eigenvalue weighted by Gasteiger charge is 2.17. The third kappa shape index (κ3) is 5.25. The lowest BCUT2D eigenvalue weighted by Gasteiger charge is -2.10. The van der Waals surface area contributed by atoms with E-state index in [0.29, 0.717) is 23.9 Å². The van der Waals surface area contributed by atoms with Gasteiger partial charge in [-0.25, -0.2) is 4.98 Å². The van der Waals surface area contributed by atoms with Crippen molar-refractivity contribution >= 4 is 17.3 Å². The van der Waals surface area contributed by atoms with Crippen molar-refractivity contribution in [1.29, 1.82) is 5.26 Å². The van der Waals surface area contributed by atoms with Crippen LogP contribution in [0.25, 0.3) is 5.57 Å². The number of allylic oxidation sites excluding steroid dienone is 2. The first kappa shape index (κ1) is 18.3. The molecule has 0 saturated heterocycles. The van der Waals surface area contributed by atoms with Gasteiger partial charge in [-0.3, -0.25) is 0 Å². The fourth-order valence-corrected chi connectivity index (χ4v) is 3.06. The van der Waals surface area contributed by atoms with Gasteiger partial charge in [-0.15, -0.1) is 0 Å². The lowest BCUT2D eigenvalue weighted by molar-refractivity contribution is 0.263. The largest absolute Gasteiger partial charge is 0.463 e. The van der Waals surface area contributed by atoms with Crippen LogP contribution in [-0.4, -0.2) is 42.1 Å². The van der Waals surface area contributed by atoms with Gasteiger partial charge in [0, 0.05) is 19.9 Å². The van der Waals surface area contributed by atoms with Crippen LogP contribution in [0.2, 0.25) is 0 Å². The van der Waals surface area contributed by atoms with Gasteiger partial charge >= 0.3 is 6.01 Å². The molecule has 0 radical (unpaired) electrons. The number of nitriles is 1. The molecule has 2 rings (SSSR count). The van der Waals surface area contributed by atoms with Gasteiger partial charge < -0.3 is 15.0 Å². The van der Waals surface area contributed by atoms with Crippen LogP contribution < -0.4 is 10.1 Å². The maximum absolute atomic E-state index is 9.53. The standard InChI is InChI=1S/C17H23N5OS.H2/c1-4-6-13-12-24-16(20-13)14(11-18)15-7-8-19-17(21-15)23-10-5-9-22(2)3;/h7-8,12,20H,4-6,9-10H2,1-3H3;1H/b16-14-;. The SMILES string of the molecule is CCCC1=CS/C(=C(/C#N)c2ccnc(OCCCN(C)C)n2)N1.[HH]. The molecule has 24 heavy (non-hydrogen) atoms. The zero-order valence-electron chi connectivity index (χ0n) is 14.4. The molecule has 0 bridgehead atoms. The van der Waals surface area contributed by atoms with Crippen molar-refractivity contribution in [3.8, 4) is 12.1 Å². The Labute approximate surface area is 149 Å². The van der Waals surface area contributed by atoms with Crippen LogP contribution in [0.1, 0.15) is 33.3 Å². The van der Waals surface area contributed by atoms with Crippen molar-refractivity contribution in [2.45, 2.75) is 26.2 Å². The zero-order valence-corrected chi connectivity index (χ0v) is 15.2. The lowest BCUT2D eigenvalue weighted by atomic mass is 10.2. The van der Waals surface area contributed by atoms with Crippen LogP contribution in [0.3, 0.4) is 0 Å². The second kappa shape index (κ2) is 9.30. The highest BCUT2D eigenvalue weighted by Crippen LogP contribution is 2.32. The highest BCUT2D eigenvalue weighted by molar-refractivity contribution is 8.06. The summed E-state index contributed by atoms with van der Waals surface area (Å²) >= 11 is 1.53. The average Bonchev–Trinajstić information content (AvgIpc) is 3.01. The summed E-state index contributed by atoms with van der Waals surface area (Å²) in [5.41, 5.74) is 2.23. The Bertz CT molecular complexity index is 669. The van der Waals surface area contributed by atoms with Crippen molar-refractivity contribution < 1.29 is 6.16 Å². The molecule has 0 atom stereocenters. The van der Waals surface area contributed by atoms with Crippen molar-refractivity contribution in [3.05, 3.63) is 34.1 Å². The molecule has 1 N–H and O–H groups in total. The summed E-state index contributed by atoms with van der Waals surface area (Å²) in [6.45, 7) is 3.62. The molecule has 1 aromatic heterocycles. The molecule has 0 amide bonds. The van der Waals surface area contributed by atoms with E-state index < -0.39 is 0 Å². The fourth-order valence-electron chi connectivity index (χ4n) is 2.17. The van der Waals surface area contributed by atoms with Crippen molar-refractivity contribution in [1.82, 2.24) is 20.2 Å². The van der Waals surface area contributed by atoms with Gasteiger partial charge in [0.05, 0.1) is 17.3 Å². The van der Waals surface area contributed by atoms with Gasteiger partial charge in [-0.05, 0) is 38.4 Å². The number of rotatable bonds is 8. The van der Waals surface area contributed by atoms with Gasteiger partial charge in [0.15, 0.2) is 0 Å².